The van der Waals surface area contributed by atoms with Crippen molar-refractivity contribution in [3.63, 3.8) is 0 Å². The summed E-state index contributed by atoms with van der Waals surface area (Å²) in [6.07, 6.45) is 1.79. The molecule has 27 heavy (non-hydrogen) atoms. The number of methoxy groups -OCH3 is 1. The lowest BCUT2D eigenvalue weighted by molar-refractivity contribution is 0.122. The van der Waals surface area contributed by atoms with Crippen LogP contribution in [0, 0.1) is 0 Å². The van der Waals surface area contributed by atoms with Crippen LogP contribution >= 0.6 is 35.6 Å². The third kappa shape index (κ3) is 6.12. The number of nitrogens with two attached hydrogens (primary N) is 1. The summed E-state index contributed by atoms with van der Waals surface area (Å²) in [6, 6.07) is 9.31. The maximum Gasteiger partial charge on any atom is 0.193 e. The van der Waals surface area contributed by atoms with E-state index in [1.165, 1.54) is 0 Å². The predicted octanol–water partition coefficient (Wildman–Crippen LogP) is 3.13. The van der Waals surface area contributed by atoms with Gasteiger partial charge in [-0.25, -0.2) is 9.98 Å². The second-order valence-corrected chi connectivity index (χ2v) is 6.20. The SMILES string of the molecule is COc1ccc(NC(N)=NCc2ccnc(N3CCOCC3)c2)cc1Cl.I. The van der Waals surface area contributed by atoms with Gasteiger partial charge in [0.1, 0.15) is 11.6 Å². The quantitative estimate of drug-likeness (QED) is 0.371. The van der Waals surface area contributed by atoms with Crippen molar-refractivity contribution in [2.45, 2.75) is 6.54 Å². The molecule has 146 valence electrons. The molecule has 1 aliphatic heterocycles. The van der Waals surface area contributed by atoms with Crippen molar-refractivity contribution in [1.82, 2.24) is 4.98 Å². The van der Waals surface area contributed by atoms with Crippen LogP contribution in [0.2, 0.25) is 5.02 Å². The van der Waals surface area contributed by atoms with Crippen LogP contribution in [0.3, 0.4) is 0 Å². The molecule has 1 saturated heterocycles. The average molecular weight is 504 g/mol. The fraction of sp³-hybridized carbons (Fsp3) is 0.333. The Morgan fingerprint density at radius 1 is 1.33 bits per heavy atom. The number of hydrogen-bond donors (Lipinski definition) is 2. The molecule has 2 aromatic rings. The minimum absolute atomic E-state index is 0. The van der Waals surface area contributed by atoms with Gasteiger partial charge < -0.3 is 25.4 Å². The molecule has 2 heterocycles. The van der Waals surface area contributed by atoms with Gasteiger partial charge in [-0.1, -0.05) is 11.6 Å². The highest BCUT2D eigenvalue weighted by atomic mass is 127. The summed E-state index contributed by atoms with van der Waals surface area (Å²) in [7, 11) is 1.57. The van der Waals surface area contributed by atoms with Gasteiger partial charge in [0, 0.05) is 25.0 Å². The second kappa shape index (κ2) is 10.5. The molecular formula is C18H23ClIN5O2. The first-order chi connectivity index (χ1) is 12.7. The Bertz CT molecular complexity index is 784. The zero-order valence-electron chi connectivity index (χ0n) is 15.0. The number of halogens is 2. The number of anilines is 2. The highest BCUT2D eigenvalue weighted by molar-refractivity contribution is 14.0. The van der Waals surface area contributed by atoms with Crippen molar-refractivity contribution < 1.29 is 9.47 Å². The molecule has 1 fully saturated rings. The van der Waals surface area contributed by atoms with E-state index in [0.717, 1.165) is 43.4 Å². The Hall–Kier alpha value is -1.78. The molecule has 0 bridgehead atoms. The Labute approximate surface area is 180 Å². The van der Waals surface area contributed by atoms with Crippen LogP contribution in [0.5, 0.6) is 5.75 Å². The molecular weight excluding hydrogens is 481 g/mol. The van der Waals surface area contributed by atoms with Crippen molar-refractivity contribution in [2.75, 3.05) is 43.6 Å². The molecule has 0 radical (unpaired) electrons. The first-order valence-corrected chi connectivity index (χ1v) is 8.71. The largest absolute Gasteiger partial charge is 0.495 e. The number of guanidine groups is 1. The highest BCUT2D eigenvalue weighted by Gasteiger charge is 2.12. The van der Waals surface area contributed by atoms with E-state index in [4.69, 9.17) is 26.8 Å². The zero-order chi connectivity index (χ0) is 18.4. The Morgan fingerprint density at radius 2 is 2.11 bits per heavy atom. The number of ether oxygens (including phenoxy) is 2. The molecule has 0 unspecified atom stereocenters. The topological polar surface area (TPSA) is 85.0 Å². The van der Waals surface area contributed by atoms with E-state index in [2.05, 4.69) is 20.2 Å². The Kier molecular flexibility index (Phi) is 8.39. The number of benzene rings is 1. The molecule has 0 spiro atoms. The summed E-state index contributed by atoms with van der Waals surface area (Å²) in [4.78, 5) is 11.0. The van der Waals surface area contributed by atoms with Gasteiger partial charge in [-0.05, 0) is 35.9 Å². The van der Waals surface area contributed by atoms with Gasteiger partial charge in [-0.3, -0.25) is 0 Å². The van der Waals surface area contributed by atoms with Crippen LogP contribution < -0.4 is 20.7 Å². The number of hydrogen-bond acceptors (Lipinski definition) is 5. The van der Waals surface area contributed by atoms with Gasteiger partial charge in [0.25, 0.3) is 0 Å². The molecule has 3 rings (SSSR count). The van der Waals surface area contributed by atoms with Crippen LogP contribution in [0.25, 0.3) is 0 Å². The van der Waals surface area contributed by atoms with Crippen LogP contribution in [0.1, 0.15) is 5.56 Å². The molecule has 0 aliphatic carbocycles. The minimum atomic E-state index is 0. The monoisotopic (exact) mass is 503 g/mol. The number of aromatic nitrogens is 1. The molecule has 3 N–H and O–H groups in total. The smallest absolute Gasteiger partial charge is 0.193 e. The van der Waals surface area contributed by atoms with Gasteiger partial charge in [0.15, 0.2) is 5.96 Å². The summed E-state index contributed by atoms with van der Waals surface area (Å²) in [5, 5.41) is 3.54. The molecule has 1 aliphatic rings. The first kappa shape index (κ1) is 21.5. The summed E-state index contributed by atoms with van der Waals surface area (Å²) in [5.41, 5.74) is 7.77. The van der Waals surface area contributed by atoms with Crippen LogP contribution in [-0.2, 0) is 11.3 Å². The van der Waals surface area contributed by atoms with Crippen molar-refractivity contribution in [1.29, 1.82) is 0 Å². The van der Waals surface area contributed by atoms with Crippen LogP contribution in [0.15, 0.2) is 41.5 Å². The second-order valence-electron chi connectivity index (χ2n) is 5.80. The lowest BCUT2D eigenvalue weighted by Gasteiger charge is -2.27. The minimum Gasteiger partial charge on any atom is -0.495 e. The zero-order valence-corrected chi connectivity index (χ0v) is 18.1. The molecule has 1 aromatic carbocycles. The van der Waals surface area contributed by atoms with E-state index in [1.54, 1.807) is 25.4 Å². The molecule has 1 aromatic heterocycles. The van der Waals surface area contributed by atoms with Gasteiger partial charge in [-0.15, -0.1) is 24.0 Å². The van der Waals surface area contributed by atoms with Crippen molar-refractivity contribution in [3.05, 3.63) is 47.1 Å². The summed E-state index contributed by atoms with van der Waals surface area (Å²) >= 11 is 6.11. The van der Waals surface area contributed by atoms with E-state index in [-0.39, 0.29) is 24.0 Å². The van der Waals surface area contributed by atoms with Crippen LogP contribution in [-0.4, -0.2) is 44.4 Å². The lowest BCUT2D eigenvalue weighted by atomic mass is 10.2. The number of rotatable bonds is 5. The first-order valence-electron chi connectivity index (χ1n) is 8.34. The highest BCUT2D eigenvalue weighted by Crippen LogP contribution is 2.27. The van der Waals surface area contributed by atoms with Crippen molar-refractivity contribution in [3.8, 4) is 5.75 Å². The van der Waals surface area contributed by atoms with Crippen LogP contribution in [0.4, 0.5) is 11.5 Å². The molecule has 7 nitrogen and oxygen atoms in total. The summed E-state index contributed by atoms with van der Waals surface area (Å²) < 4.78 is 10.5. The fourth-order valence-corrected chi connectivity index (χ4v) is 2.89. The van der Waals surface area contributed by atoms with Crippen molar-refractivity contribution in [2.24, 2.45) is 10.7 Å². The third-order valence-electron chi connectivity index (χ3n) is 4.00. The predicted molar refractivity (Wildman–Crippen MR) is 120 cm³/mol. The fourth-order valence-electron chi connectivity index (χ4n) is 2.63. The van der Waals surface area contributed by atoms with E-state index >= 15 is 0 Å². The maximum absolute atomic E-state index is 6.11. The number of aliphatic imine (C=N–C) groups is 1. The summed E-state index contributed by atoms with van der Waals surface area (Å²) in [5.74, 6) is 1.87. The standard InChI is InChI=1S/C18H22ClN5O2.HI/c1-25-16-3-2-14(11-15(16)19)23-18(20)22-12-13-4-5-21-17(10-13)24-6-8-26-9-7-24;/h2-5,10-11H,6-9,12H2,1H3,(H3,20,22,23);1H. The molecule has 9 heteroatoms. The number of nitrogens with one attached hydrogen (secondary N) is 1. The Morgan fingerprint density at radius 3 is 2.81 bits per heavy atom. The van der Waals surface area contributed by atoms with E-state index in [1.807, 2.05) is 18.2 Å². The van der Waals surface area contributed by atoms with E-state index in [0.29, 0.717) is 23.3 Å². The van der Waals surface area contributed by atoms with Gasteiger partial charge in [0.2, 0.25) is 0 Å². The van der Waals surface area contributed by atoms with Gasteiger partial charge >= 0.3 is 0 Å². The third-order valence-corrected chi connectivity index (χ3v) is 4.30. The Balaban J connectivity index is 0.00000261. The lowest BCUT2D eigenvalue weighted by Crippen LogP contribution is -2.36. The maximum atomic E-state index is 6.11. The summed E-state index contributed by atoms with van der Waals surface area (Å²) in [6.45, 7) is 3.61. The molecule has 0 atom stereocenters. The number of nitrogens with zero attached hydrogens (tertiary/aromatic N) is 3. The van der Waals surface area contributed by atoms with E-state index < -0.39 is 0 Å². The molecule has 0 amide bonds. The number of pyridine rings is 1. The van der Waals surface area contributed by atoms with Gasteiger partial charge in [0.05, 0.1) is 31.9 Å². The average Bonchev–Trinajstić information content (AvgIpc) is 2.67. The van der Waals surface area contributed by atoms with Gasteiger partial charge in [-0.2, -0.15) is 0 Å². The normalized spacial score (nSPS) is 14.4. The molecule has 0 saturated carbocycles. The van der Waals surface area contributed by atoms with E-state index in [9.17, 15) is 0 Å². The number of morpholine rings is 1. The van der Waals surface area contributed by atoms with Crippen molar-refractivity contribution >= 4 is 53.0 Å².